The van der Waals surface area contributed by atoms with Crippen LogP contribution in [0.2, 0.25) is 0 Å². The number of rotatable bonds is 6. The number of amides is 3. The minimum Gasteiger partial charge on any atom is -0.341 e. The molecular weight excluding hydrogens is 466 g/mol. The van der Waals surface area contributed by atoms with Gasteiger partial charge in [0.2, 0.25) is 11.8 Å². The van der Waals surface area contributed by atoms with Crippen LogP contribution >= 0.6 is 0 Å². The number of halogens is 2. The van der Waals surface area contributed by atoms with Crippen LogP contribution in [0.1, 0.15) is 48.5 Å². The largest absolute Gasteiger partial charge is 0.341 e. The molecule has 0 spiro atoms. The van der Waals surface area contributed by atoms with E-state index in [9.17, 15) is 23.2 Å². The van der Waals surface area contributed by atoms with Crippen LogP contribution in [0.3, 0.4) is 0 Å². The molecule has 0 radical (unpaired) electrons. The van der Waals surface area contributed by atoms with Gasteiger partial charge in [0.15, 0.2) is 0 Å². The van der Waals surface area contributed by atoms with Crippen LogP contribution < -0.4 is 0 Å². The van der Waals surface area contributed by atoms with Gasteiger partial charge >= 0.3 is 0 Å². The summed E-state index contributed by atoms with van der Waals surface area (Å²) in [6.45, 7) is 3.10. The molecule has 3 amide bonds. The van der Waals surface area contributed by atoms with E-state index in [1.54, 1.807) is 40.1 Å². The van der Waals surface area contributed by atoms with Crippen molar-refractivity contribution in [1.82, 2.24) is 19.7 Å². The number of hydrogen-bond donors (Lipinski definition) is 0. The van der Waals surface area contributed by atoms with Crippen molar-refractivity contribution in [3.63, 3.8) is 0 Å². The van der Waals surface area contributed by atoms with Gasteiger partial charge in [-0.2, -0.15) is 0 Å². The van der Waals surface area contributed by atoms with Gasteiger partial charge in [-0.3, -0.25) is 19.4 Å². The molecule has 1 aromatic carbocycles. The fraction of sp³-hybridized carbons (Fsp3) is 0.481. The molecule has 192 valence electrons. The summed E-state index contributed by atoms with van der Waals surface area (Å²) >= 11 is 0. The molecule has 0 unspecified atom stereocenters. The number of aromatic nitrogens is 1. The third kappa shape index (κ3) is 5.55. The summed E-state index contributed by atoms with van der Waals surface area (Å²) < 4.78 is 28.1. The van der Waals surface area contributed by atoms with Crippen LogP contribution in [0.25, 0.3) is 0 Å². The van der Waals surface area contributed by atoms with Crippen molar-refractivity contribution in [2.45, 2.75) is 51.1 Å². The summed E-state index contributed by atoms with van der Waals surface area (Å²) in [6.07, 6.45) is 6.08. The molecule has 3 heterocycles. The van der Waals surface area contributed by atoms with E-state index in [2.05, 4.69) is 4.98 Å². The van der Waals surface area contributed by atoms with Crippen molar-refractivity contribution < 1.29 is 23.2 Å². The Kier molecular flexibility index (Phi) is 7.96. The van der Waals surface area contributed by atoms with Gasteiger partial charge in [0.1, 0.15) is 17.7 Å². The lowest BCUT2D eigenvalue weighted by Gasteiger charge is -2.41. The Morgan fingerprint density at radius 1 is 1.11 bits per heavy atom. The van der Waals surface area contributed by atoms with E-state index in [1.165, 1.54) is 25.3 Å². The van der Waals surface area contributed by atoms with Crippen LogP contribution in [-0.2, 0) is 16.0 Å². The summed E-state index contributed by atoms with van der Waals surface area (Å²) in [4.78, 5) is 47.4. The van der Waals surface area contributed by atoms with Crippen molar-refractivity contribution in [2.24, 2.45) is 5.92 Å². The molecule has 0 aliphatic carbocycles. The smallest absolute Gasteiger partial charge is 0.255 e. The molecule has 1 aromatic heterocycles. The van der Waals surface area contributed by atoms with Gasteiger partial charge < -0.3 is 14.7 Å². The standard InChI is InChI=1S/C27H32F2N4O3/c1-18(34)33-12-4-6-24(33)27(36)32-13-9-19(10-14-32)25(15-20-7-8-22(28)16-23(20)29)31(2)26(35)21-5-3-11-30-17-21/h3,5,7-8,11,16-17,19,24-25H,4,6,9-10,12-15H2,1-2H3/t24-,25+/m0/s1. The van der Waals surface area contributed by atoms with E-state index in [1.807, 2.05) is 0 Å². The molecule has 4 rings (SSSR count). The second kappa shape index (κ2) is 11.1. The first-order chi connectivity index (χ1) is 17.3. The molecular formula is C27H32F2N4O3. The van der Waals surface area contributed by atoms with E-state index in [0.717, 1.165) is 12.5 Å². The van der Waals surface area contributed by atoms with Crippen LogP contribution in [0, 0.1) is 17.6 Å². The maximum absolute atomic E-state index is 14.6. The first-order valence-electron chi connectivity index (χ1n) is 12.4. The summed E-state index contributed by atoms with van der Waals surface area (Å²) in [5.74, 6) is -1.61. The molecule has 2 aliphatic heterocycles. The first-order valence-corrected chi connectivity index (χ1v) is 12.4. The zero-order valence-electron chi connectivity index (χ0n) is 20.7. The molecule has 36 heavy (non-hydrogen) atoms. The molecule has 2 saturated heterocycles. The van der Waals surface area contributed by atoms with Gasteiger partial charge in [0.25, 0.3) is 5.91 Å². The molecule has 0 N–H and O–H groups in total. The molecule has 2 aliphatic rings. The second-order valence-corrected chi connectivity index (χ2v) is 9.70. The second-order valence-electron chi connectivity index (χ2n) is 9.70. The lowest BCUT2D eigenvalue weighted by atomic mass is 9.84. The Morgan fingerprint density at radius 3 is 2.50 bits per heavy atom. The van der Waals surface area contributed by atoms with E-state index < -0.39 is 17.7 Å². The molecule has 2 atom stereocenters. The number of benzene rings is 1. The maximum Gasteiger partial charge on any atom is 0.255 e. The molecule has 2 fully saturated rings. The van der Waals surface area contributed by atoms with Gasteiger partial charge in [-0.1, -0.05) is 6.07 Å². The number of pyridine rings is 1. The van der Waals surface area contributed by atoms with Crippen LogP contribution in [0.4, 0.5) is 8.78 Å². The van der Waals surface area contributed by atoms with E-state index in [0.29, 0.717) is 50.0 Å². The van der Waals surface area contributed by atoms with Crippen molar-refractivity contribution in [3.05, 3.63) is 65.5 Å². The molecule has 7 nitrogen and oxygen atoms in total. The lowest BCUT2D eigenvalue weighted by Crippen LogP contribution is -2.52. The Balaban J connectivity index is 1.50. The Hall–Kier alpha value is -3.36. The lowest BCUT2D eigenvalue weighted by molar-refractivity contribution is -0.144. The van der Waals surface area contributed by atoms with E-state index >= 15 is 0 Å². The summed E-state index contributed by atoms with van der Waals surface area (Å²) in [7, 11) is 1.70. The van der Waals surface area contributed by atoms with Crippen molar-refractivity contribution in [3.8, 4) is 0 Å². The normalized spacial score (nSPS) is 19.3. The number of likely N-dealkylation sites (tertiary alicyclic amines) is 2. The zero-order chi connectivity index (χ0) is 25.8. The van der Waals surface area contributed by atoms with Crippen molar-refractivity contribution in [1.29, 1.82) is 0 Å². The summed E-state index contributed by atoms with van der Waals surface area (Å²) in [5, 5.41) is 0. The van der Waals surface area contributed by atoms with E-state index in [-0.39, 0.29) is 36.1 Å². The van der Waals surface area contributed by atoms with Gasteiger partial charge in [-0.15, -0.1) is 0 Å². The van der Waals surface area contributed by atoms with E-state index in [4.69, 9.17) is 0 Å². The number of carbonyl (C=O) groups is 3. The monoisotopic (exact) mass is 498 g/mol. The fourth-order valence-electron chi connectivity index (χ4n) is 5.49. The Bertz CT molecular complexity index is 1110. The predicted molar refractivity (Wildman–Crippen MR) is 130 cm³/mol. The van der Waals surface area contributed by atoms with Gasteiger partial charge in [0.05, 0.1) is 5.56 Å². The minimum atomic E-state index is -0.647. The Morgan fingerprint density at radius 2 is 1.86 bits per heavy atom. The number of hydrogen-bond acceptors (Lipinski definition) is 4. The Labute approximate surface area is 210 Å². The highest BCUT2D eigenvalue weighted by Crippen LogP contribution is 2.30. The first kappa shape index (κ1) is 25.7. The summed E-state index contributed by atoms with van der Waals surface area (Å²) in [5.41, 5.74) is 0.775. The summed E-state index contributed by atoms with van der Waals surface area (Å²) in [6, 6.07) is 6.13. The van der Waals surface area contributed by atoms with Gasteiger partial charge in [0, 0.05) is 58.1 Å². The molecule has 9 heteroatoms. The maximum atomic E-state index is 14.6. The number of nitrogens with zero attached hydrogens (tertiary/aromatic N) is 4. The van der Waals surface area contributed by atoms with Crippen molar-refractivity contribution >= 4 is 17.7 Å². The molecule has 0 bridgehead atoms. The number of piperidine rings is 1. The highest BCUT2D eigenvalue weighted by Gasteiger charge is 2.38. The molecule has 0 saturated carbocycles. The minimum absolute atomic E-state index is 0.0108. The number of carbonyl (C=O) groups excluding carboxylic acids is 3. The SMILES string of the molecule is CC(=O)N1CCC[C@H]1C(=O)N1CCC([C@@H](Cc2ccc(F)cc2F)N(C)C(=O)c2cccnc2)CC1. The highest BCUT2D eigenvalue weighted by atomic mass is 19.1. The van der Waals surface area contributed by atoms with Crippen LogP contribution in [0.15, 0.2) is 42.7 Å². The average Bonchev–Trinajstić information content (AvgIpc) is 3.38. The van der Waals surface area contributed by atoms with Gasteiger partial charge in [-0.25, -0.2) is 8.78 Å². The number of likely N-dealkylation sites (N-methyl/N-ethyl adjacent to an activating group) is 1. The quantitative estimate of drug-likeness (QED) is 0.613. The van der Waals surface area contributed by atoms with Crippen LogP contribution in [0.5, 0.6) is 0 Å². The molecule has 2 aromatic rings. The van der Waals surface area contributed by atoms with Crippen LogP contribution in [-0.4, -0.2) is 76.2 Å². The third-order valence-electron chi connectivity index (χ3n) is 7.51. The zero-order valence-corrected chi connectivity index (χ0v) is 20.7. The predicted octanol–water partition coefficient (Wildman–Crippen LogP) is 3.29. The topological polar surface area (TPSA) is 73.8 Å². The highest BCUT2D eigenvalue weighted by molar-refractivity contribution is 5.94. The van der Waals surface area contributed by atoms with Gasteiger partial charge in [-0.05, 0) is 61.8 Å². The van der Waals surface area contributed by atoms with Crippen molar-refractivity contribution in [2.75, 3.05) is 26.7 Å². The average molecular weight is 499 g/mol. The third-order valence-corrected chi connectivity index (χ3v) is 7.51. The fourth-order valence-corrected chi connectivity index (χ4v) is 5.49.